The molecule has 0 radical (unpaired) electrons. The number of benzene rings is 4. The second-order valence-corrected chi connectivity index (χ2v) is 9.18. The molecule has 0 bridgehead atoms. The Morgan fingerprint density at radius 2 is 1.38 bits per heavy atom. The summed E-state index contributed by atoms with van der Waals surface area (Å²) in [6.45, 7) is 1.88. The van der Waals surface area contributed by atoms with Gasteiger partial charge in [-0.3, -0.25) is 14.9 Å². The van der Waals surface area contributed by atoms with Gasteiger partial charge in [0.15, 0.2) is 11.5 Å². The van der Waals surface area contributed by atoms with Gasteiger partial charge in [0.05, 0.1) is 27.0 Å². The highest BCUT2D eigenvalue weighted by Gasteiger charge is 2.17. The number of hydrogen-bond donors (Lipinski definition) is 3. The fourth-order valence-corrected chi connectivity index (χ4v) is 4.18. The summed E-state index contributed by atoms with van der Waals surface area (Å²) in [7, 11) is 4.40. The number of aliphatic imine (C=N–C) groups is 1. The van der Waals surface area contributed by atoms with Crippen molar-refractivity contribution in [3.63, 3.8) is 0 Å². The van der Waals surface area contributed by atoms with Gasteiger partial charge in [0.25, 0.3) is 11.8 Å². The van der Waals surface area contributed by atoms with Crippen LogP contribution in [0.1, 0.15) is 37.4 Å². The van der Waals surface area contributed by atoms with E-state index >= 15 is 0 Å². The van der Waals surface area contributed by atoms with E-state index in [4.69, 9.17) is 19.9 Å². The van der Waals surface area contributed by atoms with Crippen molar-refractivity contribution in [3.8, 4) is 17.2 Å². The van der Waals surface area contributed by atoms with Crippen LogP contribution in [0.5, 0.6) is 17.2 Å². The monoisotopic (exact) mass is 587 g/mol. The summed E-state index contributed by atoms with van der Waals surface area (Å²) in [4.78, 5) is 30.1. The topological polar surface area (TPSA) is 124 Å². The first-order chi connectivity index (χ1) is 19.8. The zero-order valence-corrected chi connectivity index (χ0v) is 24.5. The fourth-order valence-electron chi connectivity index (χ4n) is 4.18. The summed E-state index contributed by atoms with van der Waals surface area (Å²) in [6.07, 6.45) is 0.791. The molecule has 0 saturated heterocycles. The van der Waals surface area contributed by atoms with Crippen LogP contribution >= 0.6 is 0 Å². The molecular weight excluding hydrogens is 556 g/mol. The van der Waals surface area contributed by atoms with Crippen LogP contribution in [0.2, 0.25) is 0 Å². The number of nitrogens with one attached hydrogen (secondary N) is 2. The Kier molecular flexibility index (Phi) is 10.9. The molecule has 0 aromatic heterocycles. The summed E-state index contributed by atoms with van der Waals surface area (Å²) >= 11 is 0. The minimum absolute atomic E-state index is 0. The van der Waals surface area contributed by atoms with Gasteiger partial charge in [-0.15, -0.1) is 0 Å². The summed E-state index contributed by atoms with van der Waals surface area (Å²) < 4.78 is 15.9. The molecule has 9 nitrogen and oxygen atoms in total. The van der Waals surface area contributed by atoms with Crippen LogP contribution in [0.4, 0.5) is 11.4 Å². The number of nitrogens with two attached hydrogens (primary N) is 1. The standard InChI is InChI=1S/C32H32N4O5.ClH/c1-20-10-15-25(34-32(33)36-31(38)24-17-27(39-2)29(41-4)28(18-24)40-3)19-26(20)35-30(37)23-13-11-22(12-14-23)16-21-8-6-5-7-9-21;/h5-15,17-19H,16H2,1-4H3,(H,35,37)(H3,33,34,36,38);1H/p-1. The Balaban J connectivity index is 0.00000484. The van der Waals surface area contributed by atoms with E-state index in [2.05, 4.69) is 27.8 Å². The van der Waals surface area contributed by atoms with Gasteiger partial charge in [0.2, 0.25) is 11.7 Å². The van der Waals surface area contributed by atoms with E-state index in [0.717, 1.165) is 17.5 Å². The van der Waals surface area contributed by atoms with E-state index < -0.39 is 5.91 Å². The largest absolute Gasteiger partial charge is 1.00 e. The molecule has 10 heteroatoms. The van der Waals surface area contributed by atoms with Crippen LogP contribution in [0.15, 0.2) is 89.9 Å². The van der Waals surface area contributed by atoms with Gasteiger partial charge in [-0.25, -0.2) is 4.99 Å². The number of ether oxygens (including phenoxy) is 3. The lowest BCUT2D eigenvalue weighted by molar-refractivity contribution is -0.0000250. The number of aryl methyl sites for hydroxylation is 1. The zero-order valence-electron chi connectivity index (χ0n) is 23.7. The average Bonchev–Trinajstić information content (AvgIpc) is 2.98. The average molecular weight is 588 g/mol. The van der Waals surface area contributed by atoms with Crippen LogP contribution in [-0.4, -0.2) is 39.1 Å². The maximum atomic E-state index is 13.0. The van der Waals surface area contributed by atoms with Crippen molar-refractivity contribution in [2.75, 3.05) is 26.6 Å². The molecule has 4 aromatic carbocycles. The Labute approximate surface area is 251 Å². The van der Waals surface area contributed by atoms with Crippen molar-refractivity contribution in [3.05, 3.63) is 113 Å². The third-order valence-corrected chi connectivity index (χ3v) is 6.35. The normalized spacial score (nSPS) is 10.7. The molecule has 4 N–H and O–H groups in total. The molecule has 0 fully saturated rings. The third-order valence-electron chi connectivity index (χ3n) is 6.35. The Morgan fingerprint density at radius 3 is 1.98 bits per heavy atom. The van der Waals surface area contributed by atoms with E-state index in [1.54, 1.807) is 12.1 Å². The zero-order chi connectivity index (χ0) is 29.4. The molecule has 0 atom stereocenters. The van der Waals surface area contributed by atoms with Crippen LogP contribution in [0.25, 0.3) is 0 Å². The number of guanidine groups is 1. The van der Waals surface area contributed by atoms with Gasteiger partial charge in [-0.05, 0) is 66.4 Å². The Morgan fingerprint density at radius 1 is 0.762 bits per heavy atom. The number of anilines is 1. The van der Waals surface area contributed by atoms with E-state index in [9.17, 15) is 9.59 Å². The van der Waals surface area contributed by atoms with Crippen molar-refractivity contribution >= 4 is 29.1 Å². The van der Waals surface area contributed by atoms with Crippen LogP contribution in [0.3, 0.4) is 0 Å². The van der Waals surface area contributed by atoms with E-state index in [0.29, 0.717) is 34.2 Å². The molecule has 2 amide bonds. The number of methoxy groups -OCH3 is 3. The van der Waals surface area contributed by atoms with E-state index in [1.165, 1.54) is 39.0 Å². The smallest absolute Gasteiger partial charge is 0.258 e. The van der Waals surface area contributed by atoms with Crippen molar-refractivity contribution in [1.29, 1.82) is 0 Å². The molecule has 0 unspecified atom stereocenters. The van der Waals surface area contributed by atoms with E-state index in [1.807, 2.05) is 55.5 Å². The van der Waals surface area contributed by atoms with Crippen molar-refractivity contribution in [2.24, 2.45) is 10.7 Å². The lowest BCUT2D eigenvalue weighted by atomic mass is 10.0. The fraction of sp³-hybridized carbons (Fsp3) is 0.156. The van der Waals surface area contributed by atoms with Crippen LogP contribution < -0.4 is 43.0 Å². The van der Waals surface area contributed by atoms with Gasteiger partial charge in [-0.2, -0.15) is 0 Å². The van der Waals surface area contributed by atoms with Crippen molar-refractivity contribution in [1.82, 2.24) is 5.32 Å². The number of carbonyl (C=O) groups excluding carboxylic acids is 2. The highest BCUT2D eigenvalue weighted by atomic mass is 35.5. The minimum atomic E-state index is -0.512. The summed E-state index contributed by atoms with van der Waals surface area (Å²) in [6, 6.07) is 25.9. The number of hydrogen-bond acceptors (Lipinski definition) is 6. The molecule has 0 saturated carbocycles. The molecule has 0 aliphatic heterocycles. The van der Waals surface area contributed by atoms with Gasteiger partial charge >= 0.3 is 0 Å². The predicted molar refractivity (Wildman–Crippen MR) is 160 cm³/mol. The lowest BCUT2D eigenvalue weighted by Crippen LogP contribution is -3.00. The third kappa shape index (κ3) is 7.80. The van der Waals surface area contributed by atoms with Crippen molar-refractivity contribution < 1.29 is 36.2 Å². The second-order valence-electron chi connectivity index (χ2n) is 9.18. The van der Waals surface area contributed by atoms with Gasteiger partial charge in [0, 0.05) is 16.8 Å². The summed E-state index contributed by atoms with van der Waals surface area (Å²) in [5.74, 6) is 0.143. The molecule has 0 aliphatic rings. The van der Waals surface area contributed by atoms with Crippen molar-refractivity contribution in [2.45, 2.75) is 13.3 Å². The number of halogens is 1. The SMILES string of the molecule is COc1cc(C(=O)NC(N)=Nc2ccc(C)c(NC(=O)c3ccc(Cc4ccccc4)cc3)c2)cc(OC)c1OC.[Cl-]. The first-order valence-corrected chi connectivity index (χ1v) is 12.8. The first kappa shape index (κ1) is 31.5. The van der Waals surface area contributed by atoms with E-state index in [-0.39, 0.29) is 29.8 Å². The number of carbonyl (C=O) groups is 2. The molecular formula is C32H32ClN4O5-. The molecule has 0 heterocycles. The molecule has 42 heavy (non-hydrogen) atoms. The minimum Gasteiger partial charge on any atom is -1.00 e. The van der Waals surface area contributed by atoms with Gasteiger partial charge in [-0.1, -0.05) is 48.5 Å². The quantitative estimate of drug-likeness (QED) is 0.204. The molecule has 218 valence electrons. The number of nitrogens with zero attached hydrogens (tertiary/aromatic N) is 1. The summed E-state index contributed by atoms with van der Waals surface area (Å²) in [5.41, 5.74) is 11.0. The highest BCUT2D eigenvalue weighted by molar-refractivity contribution is 6.07. The number of amides is 2. The lowest BCUT2D eigenvalue weighted by Gasteiger charge is -2.14. The predicted octanol–water partition coefficient (Wildman–Crippen LogP) is 2.24. The second kappa shape index (κ2) is 14.6. The Hall–Kier alpha value is -5.02. The van der Waals surface area contributed by atoms with Gasteiger partial charge in [0.1, 0.15) is 0 Å². The molecule has 4 rings (SSSR count). The molecule has 4 aromatic rings. The maximum absolute atomic E-state index is 13.0. The van der Waals surface area contributed by atoms with Crippen LogP contribution in [0, 0.1) is 6.92 Å². The molecule has 0 aliphatic carbocycles. The summed E-state index contributed by atoms with van der Waals surface area (Å²) in [5, 5.41) is 5.49. The van der Waals surface area contributed by atoms with Gasteiger partial charge < -0.3 is 37.7 Å². The highest BCUT2D eigenvalue weighted by Crippen LogP contribution is 2.38. The first-order valence-electron chi connectivity index (χ1n) is 12.8. The number of rotatable bonds is 9. The molecule has 0 spiro atoms. The maximum Gasteiger partial charge on any atom is 0.258 e. The van der Waals surface area contributed by atoms with Crippen LogP contribution in [-0.2, 0) is 6.42 Å². The Bertz CT molecular complexity index is 1550.